The van der Waals surface area contributed by atoms with Crippen molar-refractivity contribution in [3.63, 3.8) is 0 Å². The molecule has 0 amide bonds. The van der Waals surface area contributed by atoms with Gasteiger partial charge in [0.05, 0.1) is 4.90 Å². The van der Waals surface area contributed by atoms with E-state index in [1.807, 2.05) is 25.1 Å². The molecule has 0 aromatic heterocycles. The van der Waals surface area contributed by atoms with Gasteiger partial charge in [0, 0.05) is 13.1 Å². The molecule has 0 spiro atoms. The van der Waals surface area contributed by atoms with Gasteiger partial charge in [-0.05, 0) is 38.3 Å². The maximum Gasteiger partial charge on any atom is 0.243 e. The molecule has 18 heavy (non-hydrogen) atoms. The van der Waals surface area contributed by atoms with Crippen LogP contribution in [-0.4, -0.2) is 25.8 Å². The maximum absolute atomic E-state index is 12.5. The smallest absolute Gasteiger partial charge is 0.207 e. The zero-order chi connectivity index (χ0) is 13.0. The fourth-order valence-corrected chi connectivity index (χ4v) is 3.46. The van der Waals surface area contributed by atoms with E-state index in [9.17, 15) is 8.42 Å². The summed E-state index contributed by atoms with van der Waals surface area (Å²) in [6.07, 6.45) is 7.05. The molecular formula is C14H19NO2S. The zero-order valence-corrected chi connectivity index (χ0v) is 11.5. The summed E-state index contributed by atoms with van der Waals surface area (Å²) in [4.78, 5) is 0.391. The number of hydrogen-bond donors (Lipinski definition) is 0. The number of rotatable bonds is 2. The van der Waals surface area contributed by atoms with Crippen molar-refractivity contribution in [1.29, 1.82) is 0 Å². The van der Waals surface area contributed by atoms with Crippen molar-refractivity contribution in [2.75, 3.05) is 13.1 Å². The van der Waals surface area contributed by atoms with Crippen LogP contribution in [0.25, 0.3) is 0 Å². The van der Waals surface area contributed by atoms with E-state index in [0.29, 0.717) is 18.0 Å². The lowest BCUT2D eigenvalue weighted by Gasteiger charge is -2.22. The summed E-state index contributed by atoms with van der Waals surface area (Å²) >= 11 is 0. The largest absolute Gasteiger partial charge is 0.243 e. The Bertz CT molecular complexity index is 517. The summed E-state index contributed by atoms with van der Waals surface area (Å²) in [5.41, 5.74) is 1.07. The third-order valence-electron chi connectivity index (χ3n) is 3.16. The standard InChI is InChI=1S/C14H19NO2S/c1-13-7-9-14(10-8-13)18(16,17)15-11-5-3-2-4-6-12-15/h3,5,7-10H,2,4,6,11-12H2,1H3/b5-3-. The predicted octanol–water partition coefficient (Wildman–Crippen LogP) is 2.73. The van der Waals surface area contributed by atoms with Gasteiger partial charge in [-0.15, -0.1) is 0 Å². The quantitative estimate of drug-likeness (QED) is 0.771. The fourth-order valence-electron chi connectivity index (χ4n) is 2.03. The lowest BCUT2D eigenvalue weighted by molar-refractivity contribution is 0.425. The summed E-state index contributed by atoms with van der Waals surface area (Å²) in [5.74, 6) is 0. The van der Waals surface area contributed by atoms with Crippen molar-refractivity contribution in [3.05, 3.63) is 42.0 Å². The highest BCUT2D eigenvalue weighted by Crippen LogP contribution is 2.18. The summed E-state index contributed by atoms with van der Waals surface area (Å²) in [7, 11) is -3.34. The van der Waals surface area contributed by atoms with Crippen LogP contribution >= 0.6 is 0 Å². The highest BCUT2D eigenvalue weighted by molar-refractivity contribution is 7.89. The average molecular weight is 265 g/mol. The summed E-state index contributed by atoms with van der Waals surface area (Å²) < 4.78 is 26.5. The van der Waals surface area contributed by atoms with Crippen LogP contribution in [0.4, 0.5) is 0 Å². The van der Waals surface area contributed by atoms with Crippen molar-refractivity contribution < 1.29 is 8.42 Å². The van der Waals surface area contributed by atoms with Gasteiger partial charge in [-0.3, -0.25) is 0 Å². The number of nitrogens with zero attached hydrogens (tertiary/aromatic N) is 1. The summed E-state index contributed by atoms with van der Waals surface area (Å²) in [6, 6.07) is 7.06. The van der Waals surface area contributed by atoms with Gasteiger partial charge in [-0.1, -0.05) is 29.8 Å². The van der Waals surface area contributed by atoms with Crippen LogP contribution in [0, 0.1) is 6.92 Å². The number of aryl methyl sites for hydroxylation is 1. The van der Waals surface area contributed by atoms with E-state index >= 15 is 0 Å². The molecule has 0 bridgehead atoms. The van der Waals surface area contributed by atoms with Crippen LogP contribution in [0.2, 0.25) is 0 Å². The fraction of sp³-hybridized carbons (Fsp3) is 0.429. The van der Waals surface area contributed by atoms with E-state index in [4.69, 9.17) is 0 Å². The van der Waals surface area contributed by atoms with Gasteiger partial charge in [-0.25, -0.2) is 8.42 Å². The molecule has 4 heteroatoms. The first kappa shape index (κ1) is 13.3. The Balaban J connectivity index is 2.26. The molecule has 2 rings (SSSR count). The highest BCUT2D eigenvalue weighted by Gasteiger charge is 2.23. The second-order valence-corrected chi connectivity index (χ2v) is 6.58. The van der Waals surface area contributed by atoms with Crippen LogP contribution in [0.1, 0.15) is 24.8 Å². The van der Waals surface area contributed by atoms with Crippen molar-refractivity contribution in [2.24, 2.45) is 0 Å². The lowest BCUT2D eigenvalue weighted by Crippen LogP contribution is -2.32. The van der Waals surface area contributed by atoms with Crippen LogP contribution in [0.3, 0.4) is 0 Å². The molecule has 98 valence electrons. The Hall–Kier alpha value is -1.13. The number of benzene rings is 1. The molecular weight excluding hydrogens is 246 g/mol. The Labute approximate surface area is 109 Å². The predicted molar refractivity (Wildman–Crippen MR) is 72.9 cm³/mol. The normalized spacial score (nSPS) is 20.1. The van der Waals surface area contributed by atoms with Gasteiger partial charge in [0.1, 0.15) is 0 Å². The molecule has 3 nitrogen and oxygen atoms in total. The van der Waals surface area contributed by atoms with Crippen LogP contribution in [0.15, 0.2) is 41.3 Å². The summed E-state index contributed by atoms with van der Waals surface area (Å²) in [6.45, 7) is 3.05. The van der Waals surface area contributed by atoms with Gasteiger partial charge >= 0.3 is 0 Å². The molecule has 0 N–H and O–H groups in total. The van der Waals surface area contributed by atoms with Crippen LogP contribution < -0.4 is 0 Å². The molecule has 0 unspecified atom stereocenters. The second kappa shape index (κ2) is 5.67. The van der Waals surface area contributed by atoms with Crippen molar-refractivity contribution >= 4 is 10.0 Å². The Morgan fingerprint density at radius 1 is 1.06 bits per heavy atom. The molecule has 1 aliphatic heterocycles. The monoisotopic (exact) mass is 265 g/mol. The molecule has 1 heterocycles. The minimum absolute atomic E-state index is 0.391. The lowest BCUT2D eigenvalue weighted by atomic mass is 10.2. The van der Waals surface area contributed by atoms with E-state index in [0.717, 1.165) is 24.8 Å². The van der Waals surface area contributed by atoms with E-state index in [1.54, 1.807) is 16.4 Å². The molecule has 1 aromatic rings. The van der Waals surface area contributed by atoms with Crippen LogP contribution in [-0.2, 0) is 10.0 Å². The molecule has 0 saturated heterocycles. The van der Waals surface area contributed by atoms with Crippen LogP contribution in [0.5, 0.6) is 0 Å². The van der Waals surface area contributed by atoms with Gasteiger partial charge in [0.25, 0.3) is 0 Å². The number of allylic oxidation sites excluding steroid dienone is 1. The first-order chi connectivity index (χ1) is 8.60. The zero-order valence-electron chi connectivity index (χ0n) is 10.7. The third-order valence-corrected chi connectivity index (χ3v) is 5.04. The maximum atomic E-state index is 12.5. The van der Waals surface area contributed by atoms with Crippen molar-refractivity contribution in [3.8, 4) is 0 Å². The third kappa shape index (κ3) is 3.00. The van der Waals surface area contributed by atoms with Crippen molar-refractivity contribution in [2.45, 2.75) is 31.1 Å². The minimum Gasteiger partial charge on any atom is -0.207 e. The summed E-state index contributed by atoms with van der Waals surface area (Å²) in [5, 5.41) is 0. The average Bonchev–Trinajstić information content (AvgIpc) is 2.28. The molecule has 1 aliphatic rings. The van der Waals surface area contributed by atoms with E-state index in [-0.39, 0.29) is 0 Å². The number of hydrogen-bond acceptors (Lipinski definition) is 2. The topological polar surface area (TPSA) is 37.4 Å². The van der Waals surface area contributed by atoms with Gasteiger partial charge in [0.15, 0.2) is 0 Å². The van der Waals surface area contributed by atoms with Gasteiger partial charge < -0.3 is 0 Å². The molecule has 0 radical (unpaired) electrons. The van der Waals surface area contributed by atoms with Gasteiger partial charge in [-0.2, -0.15) is 4.31 Å². The second-order valence-electron chi connectivity index (χ2n) is 4.64. The molecule has 0 fully saturated rings. The van der Waals surface area contributed by atoms with Gasteiger partial charge in [0.2, 0.25) is 10.0 Å². The molecule has 0 aliphatic carbocycles. The molecule has 1 aromatic carbocycles. The van der Waals surface area contributed by atoms with E-state index < -0.39 is 10.0 Å². The van der Waals surface area contributed by atoms with E-state index in [1.165, 1.54) is 0 Å². The Kier molecular flexibility index (Phi) is 4.19. The van der Waals surface area contributed by atoms with E-state index in [2.05, 4.69) is 6.08 Å². The number of sulfonamides is 1. The Morgan fingerprint density at radius 3 is 2.50 bits per heavy atom. The molecule has 0 saturated carbocycles. The first-order valence-electron chi connectivity index (χ1n) is 6.32. The SMILES string of the molecule is Cc1ccc(S(=O)(=O)N2C/C=C\CCCC2)cc1. The molecule has 0 atom stereocenters. The Morgan fingerprint density at radius 2 is 1.78 bits per heavy atom. The minimum atomic E-state index is -3.34. The highest BCUT2D eigenvalue weighted by atomic mass is 32.2. The van der Waals surface area contributed by atoms with Crippen molar-refractivity contribution in [1.82, 2.24) is 4.31 Å². The first-order valence-corrected chi connectivity index (χ1v) is 7.76.